The number of rotatable bonds is 5. The van der Waals surface area contributed by atoms with Crippen molar-refractivity contribution in [3.05, 3.63) is 24.3 Å². The van der Waals surface area contributed by atoms with E-state index in [0.717, 1.165) is 44.6 Å². The zero-order chi connectivity index (χ0) is 20.3. The lowest BCUT2D eigenvalue weighted by molar-refractivity contribution is -0.134. The highest BCUT2D eigenvalue weighted by Crippen LogP contribution is 2.25. The second-order valence-corrected chi connectivity index (χ2v) is 7.91. The van der Waals surface area contributed by atoms with Gasteiger partial charge >= 0.3 is 0 Å². The van der Waals surface area contributed by atoms with Crippen LogP contribution in [0.25, 0.3) is 0 Å². The number of benzene rings is 1. The Labute approximate surface area is 166 Å². The maximum Gasteiger partial charge on any atom is 0.241 e. The Bertz CT molecular complexity index is 741. The van der Waals surface area contributed by atoms with Crippen LogP contribution in [0, 0.1) is 5.92 Å². The van der Waals surface area contributed by atoms with Crippen LogP contribution in [0.4, 0.5) is 11.4 Å². The normalized spacial score (nSPS) is 19.5. The van der Waals surface area contributed by atoms with Crippen LogP contribution in [0.5, 0.6) is 0 Å². The largest absolute Gasteiger partial charge is 0.349 e. The van der Waals surface area contributed by atoms with Gasteiger partial charge in [-0.15, -0.1) is 0 Å². The van der Waals surface area contributed by atoms with E-state index in [2.05, 4.69) is 10.2 Å². The molecular weight excluding hydrogens is 356 g/mol. The number of likely N-dealkylation sites (tertiary alicyclic amines) is 1. The zero-order valence-electron chi connectivity index (χ0n) is 17.0. The number of piperidine rings is 1. The summed E-state index contributed by atoms with van der Waals surface area (Å²) in [5.74, 6) is 0.287. The number of carbonyl (C=O) groups excluding carboxylic acids is 3. The van der Waals surface area contributed by atoms with Crippen LogP contribution in [-0.4, -0.2) is 67.3 Å². The van der Waals surface area contributed by atoms with Gasteiger partial charge in [-0.3, -0.25) is 19.3 Å². The fraction of sp³-hybridized carbons (Fsp3) is 0.571. The number of hydrogen-bond donors (Lipinski definition) is 1. The number of hydrogen-bond acceptors (Lipinski definition) is 4. The van der Waals surface area contributed by atoms with Crippen LogP contribution in [-0.2, 0) is 14.4 Å². The molecule has 0 saturated carbocycles. The van der Waals surface area contributed by atoms with Gasteiger partial charge in [0, 0.05) is 44.4 Å². The molecule has 0 radical (unpaired) electrons. The molecule has 0 bridgehead atoms. The highest BCUT2D eigenvalue weighted by molar-refractivity contribution is 5.98. The Morgan fingerprint density at radius 2 is 1.89 bits per heavy atom. The maximum atomic E-state index is 12.7. The third kappa shape index (κ3) is 4.52. The van der Waals surface area contributed by atoms with E-state index >= 15 is 0 Å². The van der Waals surface area contributed by atoms with E-state index in [9.17, 15) is 14.4 Å². The molecule has 3 amide bonds. The van der Waals surface area contributed by atoms with Crippen molar-refractivity contribution in [3.63, 3.8) is 0 Å². The van der Waals surface area contributed by atoms with Crippen molar-refractivity contribution in [1.82, 2.24) is 9.80 Å². The molecule has 0 aromatic heterocycles. The predicted octanol–water partition coefficient (Wildman–Crippen LogP) is 1.94. The quantitative estimate of drug-likeness (QED) is 0.839. The molecule has 0 unspecified atom stereocenters. The van der Waals surface area contributed by atoms with Gasteiger partial charge < -0.3 is 15.1 Å². The first-order chi connectivity index (χ1) is 13.4. The van der Waals surface area contributed by atoms with Gasteiger partial charge in [0.05, 0.1) is 6.04 Å². The molecular formula is C21H30N4O3. The minimum absolute atomic E-state index is 0.0520. The molecule has 3 rings (SSSR count). The molecule has 0 aliphatic carbocycles. The van der Waals surface area contributed by atoms with E-state index in [-0.39, 0.29) is 29.7 Å². The minimum atomic E-state index is -0.271. The summed E-state index contributed by atoms with van der Waals surface area (Å²) in [6.07, 6.45) is 3.01. The summed E-state index contributed by atoms with van der Waals surface area (Å²) in [5.41, 5.74) is 1.53. The van der Waals surface area contributed by atoms with Crippen LogP contribution < -0.4 is 10.2 Å². The standard InChI is InChI=1S/C21H30N4O3/c1-15(24-12-9-16(10-13-24)21(28)23(2)3)20(27)22-17-6-4-7-18(14-17)25-11-5-8-19(25)26/h4,6-7,14-16H,5,8-13H2,1-3H3,(H,22,27)/t15-/m0/s1. The van der Waals surface area contributed by atoms with E-state index in [0.29, 0.717) is 12.1 Å². The predicted molar refractivity (Wildman–Crippen MR) is 109 cm³/mol. The van der Waals surface area contributed by atoms with Crippen LogP contribution in [0.15, 0.2) is 24.3 Å². The molecule has 2 saturated heterocycles. The molecule has 0 spiro atoms. The van der Waals surface area contributed by atoms with E-state index in [4.69, 9.17) is 0 Å². The SMILES string of the molecule is C[C@@H](C(=O)Nc1cccc(N2CCCC2=O)c1)N1CCC(C(=O)N(C)C)CC1. The summed E-state index contributed by atoms with van der Waals surface area (Å²) >= 11 is 0. The number of anilines is 2. The number of nitrogens with zero attached hydrogens (tertiary/aromatic N) is 3. The Morgan fingerprint density at radius 3 is 2.50 bits per heavy atom. The van der Waals surface area contributed by atoms with Gasteiger partial charge in [0.1, 0.15) is 0 Å². The van der Waals surface area contributed by atoms with Crippen LogP contribution in [0.2, 0.25) is 0 Å². The van der Waals surface area contributed by atoms with Gasteiger partial charge in [-0.25, -0.2) is 0 Å². The second-order valence-electron chi connectivity index (χ2n) is 7.91. The van der Waals surface area contributed by atoms with Crippen molar-refractivity contribution >= 4 is 29.1 Å². The molecule has 2 aliphatic heterocycles. The monoisotopic (exact) mass is 386 g/mol. The second kappa shape index (κ2) is 8.73. The smallest absolute Gasteiger partial charge is 0.241 e. The Kier molecular flexibility index (Phi) is 6.34. The van der Waals surface area contributed by atoms with Gasteiger partial charge in [-0.1, -0.05) is 6.07 Å². The van der Waals surface area contributed by atoms with Crippen molar-refractivity contribution in [2.45, 2.75) is 38.6 Å². The summed E-state index contributed by atoms with van der Waals surface area (Å²) in [7, 11) is 3.57. The fourth-order valence-corrected chi connectivity index (χ4v) is 3.98. The van der Waals surface area contributed by atoms with Gasteiger partial charge in [-0.2, -0.15) is 0 Å². The van der Waals surface area contributed by atoms with Crippen molar-refractivity contribution in [2.24, 2.45) is 5.92 Å². The van der Waals surface area contributed by atoms with Crippen molar-refractivity contribution < 1.29 is 14.4 Å². The van der Waals surface area contributed by atoms with Crippen molar-refractivity contribution in [3.8, 4) is 0 Å². The number of carbonyl (C=O) groups is 3. The van der Waals surface area contributed by atoms with Crippen LogP contribution in [0.1, 0.15) is 32.6 Å². The topological polar surface area (TPSA) is 73.0 Å². The molecule has 28 heavy (non-hydrogen) atoms. The highest BCUT2D eigenvalue weighted by Gasteiger charge is 2.30. The van der Waals surface area contributed by atoms with Crippen LogP contribution >= 0.6 is 0 Å². The summed E-state index contributed by atoms with van der Waals surface area (Å²) in [4.78, 5) is 42.3. The lowest BCUT2D eigenvalue weighted by Gasteiger charge is -2.35. The minimum Gasteiger partial charge on any atom is -0.349 e. The summed E-state index contributed by atoms with van der Waals surface area (Å²) in [6.45, 7) is 4.10. The van der Waals surface area contributed by atoms with Gasteiger partial charge in [0.2, 0.25) is 17.7 Å². The lowest BCUT2D eigenvalue weighted by atomic mass is 9.94. The van der Waals surface area contributed by atoms with E-state index in [1.165, 1.54) is 0 Å². The average Bonchev–Trinajstić information content (AvgIpc) is 3.13. The molecule has 1 N–H and O–H groups in total. The third-order valence-corrected chi connectivity index (χ3v) is 5.75. The molecule has 2 aliphatic rings. The first-order valence-electron chi connectivity index (χ1n) is 10.0. The molecule has 7 heteroatoms. The first-order valence-corrected chi connectivity index (χ1v) is 10.0. The maximum absolute atomic E-state index is 12.7. The summed E-state index contributed by atoms with van der Waals surface area (Å²) in [6, 6.07) is 7.19. The van der Waals surface area contributed by atoms with Gasteiger partial charge in [-0.05, 0) is 57.5 Å². The molecule has 152 valence electrons. The van der Waals surface area contributed by atoms with E-state index < -0.39 is 0 Å². The van der Waals surface area contributed by atoms with Gasteiger partial charge in [0.15, 0.2) is 0 Å². The molecule has 7 nitrogen and oxygen atoms in total. The van der Waals surface area contributed by atoms with Crippen molar-refractivity contribution in [2.75, 3.05) is 43.9 Å². The Hall–Kier alpha value is -2.41. The molecule has 1 aromatic rings. The van der Waals surface area contributed by atoms with E-state index in [1.54, 1.807) is 23.9 Å². The zero-order valence-corrected chi connectivity index (χ0v) is 17.0. The Morgan fingerprint density at radius 1 is 1.18 bits per heavy atom. The molecule has 2 fully saturated rings. The molecule has 1 atom stereocenters. The summed E-state index contributed by atoms with van der Waals surface area (Å²) < 4.78 is 0. The van der Waals surface area contributed by atoms with Gasteiger partial charge in [0.25, 0.3) is 0 Å². The number of amides is 3. The average molecular weight is 386 g/mol. The molecule has 1 aromatic carbocycles. The summed E-state index contributed by atoms with van der Waals surface area (Å²) in [5, 5.41) is 2.98. The van der Waals surface area contributed by atoms with E-state index in [1.807, 2.05) is 31.2 Å². The highest BCUT2D eigenvalue weighted by atomic mass is 16.2. The fourth-order valence-electron chi connectivity index (χ4n) is 3.98. The van der Waals surface area contributed by atoms with Crippen molar-refractivity contribution in [1.29, 1.82) is 0 Å². The van der Waals surface area contributed by atoms with Crippen LogP contribution in [0.3, 0.4) is 0 Å². The lowest BCUT2D eigenvalue weighted by Crippen LogP contribution is -2.48. The Balaban J connectivity index is 1.56. The number of nitrogens with one attached hydrogen (secondary N) is 1. The molecule has 2 heterocycles. The first kappa shape index (κ1) is 20.3. The third-order valence-electron chi connectivity index (χ3n) is 5.75.